The van der Waals surface area contributed by atoms with E-state index in [1.807, 2.05) is 58.0 Å². The lowest BCUT2D eigenvalue weighted by molar-refractivity contribution is -0.127. The zero-order valence-electron chi connectivity index (χ0n) is 20.8. The number of nitrogens with two attached hydrogens (primary N) is 2. The summed E-state index contributed by atoms with van der Waals surface area (Å²) < 4.78 is 9.52. The van der Waals surface area contributed by atoms with Crippen molar-refractivity contribution in [2.75, 3.05) is 12.3 Å². The molecule has 10 heteroatoms. The SMILES string of the molecule is CCOc1ccc([C@@H](C(=O)NC(C)(C)C)N(Cc2ccccc2)C(=O)c2snc(C(N)=O)c2N)cc1. The van der Waals surface area contributed by atoms with E-state index in [9.17, 15) is 14.4 Å². The number of nitrogens with zero attached hydrogens (tertiary/aromatic N) is 2. The lowest BCUT2D eigenvalue weighted by atomic mass is 10.00. The highest BCUT2D eigenvalue weighted by Gasteiger charge is 2.36. The van der Waals surface area contributed by atoms with E-state index < -0.39 is 23.4 Å². The zero-order chi connectivity index (χ0) is 26.5. The highest BCUT2D eigenvalue weighted by atomic mass is 32.1. The lowest BCUT2D eigenvalue weighted by Crippen LogP contribution is -2.49. The van der Waals surface area contributed by atoms with Crippen LogP contribution in [0.15, 0.2) is 54.6 Å². The number of ether oxygens (including phenoxy) is 1. The molecule has 0 bridgehead atoms. The summed E-state index contributed by atoms with van der Waals surface area (Å²) in [5.74, 6) is -1.08. The number of carbonyl (C=O) groups is 3. The summed E-state index contributed by atoms with van der Waals surface area (Å²) in [5, 5.41) is 2.99. The van der Waals surface area contributed by atoms with Crippen molar-refractivity contribution in [3.8, 4) is 5.75 Å². The molecule has 0 spiro atoms. The highest BCUT2D eigenvalue weighted by Crippen LogP contribution is 2.31. The van der Waals surface area contributed by atoms with E-state index in [4.69, 9.17) is 16.2 Å². The molecule has 2 aromatic carbocycles. The Morgan fingerprint density at radius 1 is 1.08 bits per heavy atom. The highest BCUT2D eigenvalue weighted by molar-refractivity contribution is 7.09. The third kappa shape index (κ3) is 6.39. The summed E-state index contributed by atoms with van der Waals surface area (Å²) in [6.45, 7) is 8.09. The second-order valence-electron chi connectivity index (χ2n) is 9.20. The van der Waals surface area contributed by atoms with Gasteiger partial charge in [-0.2, -0.15) is 4.37 Å². The van der Waals surface area contributed by atoms with Crippen LogP contribution in [0.2, 0.25) is 0 Å². The van der Waals surface area contributed by atoms with E-state index in [2.05, 4.69) is 9.69 Å². The Bertz CT molecular complexity index is 1220. The van der Waals surface area contributed by atoms with Crippen LogP contribution in [0.25, 0.3) is 0 Å². The van der Waals surface area contributed by atoms with Gasteiger partial charge in [-0.15, -0.1) is 0 Å². The van der Waals surface area contributed by atoms with Gasteiger partial charge in [0.2, 0.25) is 5.91 Å². The van der Waals surface area contributed by atoms with Crippen LogP contribution >= 0.6 is 11.5 Å². The average molecular weight is 510 g/mol. The first-order chi connectivity index (χ1) is 17.0. The molecule has 1 heterocycles. The molecule has 1 atom stereocenters. The first-order valence-electron chi connectivity index (χ1n) is 11.5. The van der Waals surface area contributed by atoms with Crippen LogP contribution in [-0.2, 0) is 11.3 Å². The van der Waals surface area contributed by atoms with Crippen LogP contribution in [0.5, 0.6) is 5.75 Å². The summed E-state index contributed by atoms with van der Waals surface area (Å²) in [7, 11) is 0. The molecule has 3 aromatic rings. The predicted molar refractivity (Wildman–Crippen MR) is 140 cm³/mol. The molecule has 9 nitrogen and oxygen atoms in total. The molecule has 0 radical (unpaired) electrons. The summed E-state index contributed by atoms with van der Waals surface area (Å²) in [6.07, 6.45) is 0. The fourth-order valence-corrected chi connectivity index (χ4v) is 4.41. The van der Waals surface area contributed by atoms with Crippen molar-refractivity contribution >= 4 is 34.9 Å². The molecule has 0 fully saturated rings. The molecule has 190 valence electrons. The maximum absolute atomic E-state index is 13.9. The van der Waals surface area contributed by atoms with Crippen LogP contribution in [0.3, 0.4) is 0 Å². The average Bonchev–Trinajstić information content (AvgIpc) is 3.20. The van der Waals surface area contributed by atoms with Crippen molar-refractivity contribution in [3.63, 3.8) is 0 Å². The molecule has 0 aliphatic rings. The van der Waals surface area contributed by atoms with Crippen LogP contribution in [-0.4, -0.2) is 39.1 Å². The minimum absolute atomic E-state index is 0.0410. The van der Waals surface area contributed by atoms with E-state index in [0.29, 0.717) is 17.9 Å². The second-order valence-corrected chi connectivity index (χ2v) is 9.97. The number of amides is 3. The van der Waals surface area contributed by atoms with Crippen LogP contribution in [0.1, 0.15) is 65.0 Å². The second kappa shape index (κ2) is 11.2. The normalized spacial score (nSPS) is 12.0. The molecule has 5 N–H and O–H groups in total. The Labute approximate surface area is 214 Å². The van der Waals surface area contributed by atoms with Gasteiger partial charge in [-0.05, 0) is 62.5 Å². The number of nitrogens with one attached hydrogen (secondary N) is 1. The summed E-state index contributed by atoms with van der Waals surface area (Å²) in [6, 6.07) is 15.3. The van der Waals surface area contributed by atoms with E-state index in [-0.39, 0.29) is 28.7 Å². The fraction of sp³-hybridized carbons (Fsp3) is 0.308. The van der Waals surface area contributed by atoms with Gasteiger partial charge in [0.25, 0.3) is 11.8 Å². The van der Waals surface area contributed by atoms with Crippen LogP contribution in [0.4, 0.5) is 5.69 Å². The molecular formula is C26H31N5O4S. The standard InChI is InChI=1S/C26H31N5O4S/c1-5-35-18-13-11-17(12-14-18)21(24(33)29-26(2,3)4)31(15-16-9-7-6-8-10-16)25(34)22-19(27)20(23(28)32)30-36-22/h6-14,21H,5,15,27H2,1-4H3,(H2,28,32)(H,29,33)/t21-/m0/s1. The van der Waals surface area contributed by atoms with Crippen molar-refractivity contribution in [1.82, 2.24) is 14.6 Å². The zero-order valence-corrected chi connectivity index (χ0v) is 21.6. The minimum atomic E-state index is -1.01. The molecule has 3 rings (SSSR count). The smallest absolute Gasteiger partial charge is 0.270 e. The Hall–Kier alpha value is -3.92. The summed E-state index contributed by atoms with van der Waals surface area (Å²) in [5.41, 5.74) is 12.0. The van der Waals surface area contributed by atoms with E-state index >= 15 is 0 Å². The first-order valence-corrected chi connectivity index (χ1v) is 12.2. The van der Waals surface area contributed by atoms with E-state index in [1.165, 1.54) is 4.90 Å². The number of hydrogen-bond acceptors (Lipinski definition) is 7. The number of benzene rings is 2. The van der Waals surface area contributed by atoms with E-state index in [1.54, 1.807) is 24.3 Å². The van der Waals surface area contributed by atoms with Gasteiger partial charge in [0.15, 0.2) is 5.69 Å². The number of nitrogen functional groups attached to an aromatic ring is 1. The van der Waals surface area contributed by atoms with Crippen molar-refractivity contribution in [2.45, 2.75) is 45.8 Å². The van der Waals surface area contributed by atoms with Gasteiger partial charge in [-0.1, -0.05) is 42.5 Å². The van der Waals surface area contributed by atoms with Crippen molar-refractivity contribution in [3.05, 3.63) is 76.3 Å². The molecule has 3 amide bonds. The van der Waals surface area contributed by atoms with Crippen LogP contribution in [0, 0.1) is 0 Å². The molecule has 36 heavy (non-hydrogen) atoms. The molecular weight excluding hydrogens is 478 g/mol. The monoisotopic (exact) mass is 509 g/mol. The third-order valence-corrected chi connectivity index (χ3v) is 6.03. The molecule has 0 unspecified atom stereocenters. The topological polar surface area (TPSA) is 141 Å². The number of carbonyl (C=O) groups excluding carboxylic acids is 3. The number of primary amides is 1. The quantitative estimate of drug-likeness (QED) is 0.403. The third-order valence-electron chi connectivity index (χ3n) is 5.18. The number of rotatable bonds is 9. The largest absolute Gasteiger partial charge is 0.494 e. The van der Waals surface area contributed by atoms with Gasteiger partial charge in [-0.3, -0.25) is 14.4 Å². The van der Waals surface area contributed by atoms with E-state index in [0.717, 1.165) is 17.1 Å². The van der Waals surface area contributed by atoms with Gasteiger partial charge >= 0.3 is 0 Å². The Morgan fingerprint density at radius 3 is 2.25 bits per heavy atom. The van der Waals surface area contributed by atoms with Crippen LogP contribution < -0.4 is 21.5 Å². The van der Waals surface area contributed by atoms with Gasteiger partial charge in [0.1, 0.15) is 16.7 Å². The Kier molecular flexibility index (Phi) is 8.31. The minimum Gasteiger partial charge on any atom is -0.494 e. The predicted octanol–water partition coefficient (Wildman–Crippen LogP) is 3.52. The fourth-order valence-electron chi connectivity index (χ4n) is 3.64. The van der Waals surface area contributed by atoms with Gasteiger partial charge in [0, 0.05) is 12.1 Å². The van der Waals surface area contributed by atoms with Crippen molar-refractivity contribution in [2.24, 2.45) is 5.73 Å². The molecule has 0 saturated carbocycles. The van der Waals surface area contributed by atoms with Gasteiger partial charge in [-0.25, -0.2) is 0 Å². The van der Waals surface area contributed by atoms with Gasteiger partial charge in [0.05, 0.1) is 12.3 Å². The molecule has 0 saturated heterocycles. The lowest BCUT2D eigenvalue weighted by Gasteiger charge is -2.33. The number of hydrogen-bond donors (Lipinski definition) is 3. The van der Waals surface area contributed by atoms with Crippen molar-refractivity contribution in [1.29, 1.82) is 0 Å². The Morgan fingerprint density at radius 2 is 1.72 bits per heavy atom. The molecule has 0 aliphatic heterocycles. The number of anilines is 1. The number of aromatic nitrogens is 1. The maximum atomic E-state index is 13.9. The van der Waals surface area contributed by atoms with Crippen molar-refractivity contribution < 1.29 is 19.1 Å². The Balaban J connectivity index is 2.14. The molecule has 1 aromatic heterocycles. The molecule has 0 aliphatic carbocycles. The first kappa shape index (κ1) is 26.7. The maximum Gasteiger partial charge on any atom is 0.270 e. The summed E-state index contributed by atoms with van der Waals surface area (Å²) >= 11 is 0.779. The van der Waals surface area contributed by atoms with Gasteiger partial charge < -0.3 is 26.4 Å². The summed E-state index contributed by atoms with van der Waals surface area (Å²) in [4.78, 5) is 40.8.